The van der Waals surface area contributed by atoms with Crippen molar-refractivity contribution in [2.24, 2.45) is 0 Å². The second-order valence-electron chi connectivity index (χ2n) is 15.9. The number of hydrazine groups is 1. The topological polar surface area (TPSA) is 102 Å². The van der Waals surface area contributed by atoms with Gasteiger partial charge in [-0.15, -0.1) is 0 Å². The van der Waals surface area contributed by atoms with Gasteiger partial charge in [0, 0.05) is 58.7 Å². The average Bonchev–Trinajstić information content (AvgIpc) is 3.11. The highest BCUT2D eigenvalue weighted by atomic mass is 16.6. The number of amides is 4. The number of nitrogens with zero attached hydrogens (tertiary/aromatic N) is 4. The zero-order valence-electron chi connectivity index (χ0n) is 32.9. The average molecular weight is 726 g/mol. The second kappa shape index (κ2) is 18.4. The Hall–Kier alpha value is -4.70. The molecule has 1 aliphatic heterocycles. The highest BCUT2D eigenvalue weighted by molar-refractivity contribution is 5.93. The van der Waals surface area contributed by atoms with E-state index in [9.17, 15) is 19.2 Å². The molecule has 0 saturated carbocycles. The molecule has 0 aliphatic carbocycles. The molecule has 4 rings (SSSR count). The van der Waals surface area contributed by atoms with Crippen molar-refractivity contribution in [3.63, 3.8) is 0 Å². The molecule has 53 heavy (non-hydrogen) atoms. The first kappa shape index (κ1) is 41.1. The molecule has 1 N–H and O–H groups in total. The van der Waals surface area contributed by atoms with Crippen molar-refractivity contribution in [3.8, 4) is 0 Å². The number of carbonyl (C=O) groups excluding carboxylic acids is 4. The van der Waals surface area contributed by atoms with Crippen molar-refractivity contribution in [1.29, 1.82) is 0 Å². The maximum Gasteiger partial charge on any atom is 0.408 e. The predicted molar refractivity (Wildman–Crippen MR) is 211 cm³/mol. The van der Waals surface area contributed by atoms with Gasteiger partial charge in [0.05, 0.1) is 0 Å². The lowest BCUT2D eigenvalue weighted by Crippen LogP contribution is -2.54. The molecule has 0 aromatic heterocycles. The van der Waals surface area contributed by atoms with Crippen LogP contribution in [0.5, 0.6) is 0 Å². The monoisotopic (exact) mass is 725 g/mol. The fourth-order valence-corrected chi connectivity index (χ4v) is 6.65. The molecule has 2 atom stereocenters. The van der Waals surface area contributed by atoms with Gasteiger partial charge >= 0.3 is 6.09 Å². The molecule has 0 unspecified atom stereocenters. The predicted octanol–water partition coefficient (Wildman–Crippen LogP) is 6.78. The Morgan fingerprint density at radius 2 is 1.43 bits per heavy atom. The van der Waals surface area contributed by atoms with Crippen LogP contribution in [0, 0.1) is 0 Å². The normalized spacial score (nSPS) is 15.1. The Morgan fingerprint density at radius 3 is 2.09 bits per heavy atom. The minimum absolute atomic E-state index is 0.0477. The summed E-state index contributed by atoms with van der Waals surface area (Å²) < 4.78 is 5.41. The first-order chi connectivity index (χ1) is 25.0. The molecular weight excluding hydrogens is 667 g/mol. The lowest BCUT2D eigenvalue weighted by atomic mass is 9.97. The van der Waals surface area contributed by atoms with Gasteiger partial charge in [0.25, 0.3) is 0 Å². The van der Waals surface area contributed by atoms with Crippen molar-refractivity contribution in [2.45, 2.75) is 103 Å². The summed E-state index contributed by atoms with van der Waals surface area (Å²) in [5.41, 5.74) is 0.621. The number of rotatable bonds is 14. The van der Waals surface area contributed by atoms with E-state index in [0.29, 0.717) is 12.8 Å². The van der Waals surface area contributed by atoms with Crippen LogP contribution in [-0.4, -0.2) is 101 Å². The Balaban J connectivity index is 1.59. The third-order valence-corrected chi connectivity index (χ3v) is 9.81. The minimum Gasteiger partial charge on any atom is -0.444 e. The number of carbonyl (C=O) groups is 4. The van der Waals surface area contributed by atoms with E-state index in [2.05, 4.69) is 16.4 Å². The van der Waals surface area contributed by atoms with E-state index in [-0.39, 0.29) is 30.6 Å². The van der Waals surface area contributed by atoms with Crippen LogP contribution in [0.3, 0.4) is 0 Å². The molecule has 0 spiro atoms. The van der Waals surface area contributed by atoms with E-state index in [1.165, 1.54) is 11.0 Å². The summed E-state index contributed by atoms with van der Waals surface area (Å²) in [5, 5.41) is 8.82. The standard InChI is InChI=1S/C43H59N5O5/c1-42(2,3)53-41(52)44-43(4,5)25-17-22-38(49)46(7)37(30-33-23-24-34-20-13-14-21-35(34)28-33)40(51)45(6)36(29-32-18-11-9-12-19-32)31-39(50)47(8)48-26-15-10-16-27-48/h9,11-14,17-24,28,36-37H,10,15-16,25-27,29-31H2,1-8H3,(H,44,52)/b22-17+/t36-,37-/m1/s1. The second-order valence-corrected chi connectivity index (χ2v) is 15.9. The van der Waals surface area contributed by atoms with Gasteiger partial charge in [-0.3, -0.25) is 19.4 Å². The van der Waals surface area contributed by atoms with Crippen molar-refractivity contribution >= 4 is 34.6 Å². The quantitative estimate of drug-likeness (QED) is 0.184. The van der Waals surface area contributed by atoms with E-state index in [1.54, 1.807) is 50.9 Å². The van der Waals surface area contributed by atoms with Gasteiger partial charge in [0.1, 0.15) is 11.6 Å². The van der Waals surface area contributed by atoms with Crippen LogP contribution < -0.4 is 5.32 Å². The van der Waals surface area contributed by atoms with E-state index in [0.717, 1.165) is 54.3 Å². The van der Waals surface area contributed by atoms with Gasteiger partial charge < -0.3 is 19.9 Å². The SMILES string of the molecule is CN(C(=O)[C@@H](Cc1ccc2ccccc2c1)N(C)C(=O)/C=C/CC(C)(C)NC(=O)OC(C)(C)C)[C@@H](CC(=O)N(C)N1CCCCC1)Cc1ccccc1. The van der Waals surface area contributed by atoms with E-state index in [1.807, 2.05) is 87.6 Å². The van der Waals surface area contributed by atoms with Crippen molar-refractivity contribution < 1.29 is 23.9 Å². The summed E-state index contributed by atoms with van der Waals surface area (Å²) in [7, 11) is 5.22. The van der Waals surface area contributed by atoms with Crippen molar-refractivity contribution in [3.05, 3.63) is 96.1 Å². The minimum atomic E-state index is -0.848. The fourth-order valence-electron chi connectivity index (χ4n) is 6.65. The Labute approximate surface area is 316 Å². The molecule has 3 aromatic rings. The molecule has 10 nitrogen and oxygen atoms in total. The van der Waals surface area contributed by atoms with E-state index >= 15 is 0 Å². The largest absolute Gasteiger partial charge is 0.444 e. The van der Waals surface area contributed by atoms with Crippen molar-refractivity contribution in [1.82, 2.24) is 25.1 Å². The molecule has 3 aromatic carbocycles. The number of nitrogens with one attached hydrogen (secondary N) is 1. The van der Waals surface area contributed by atoms with Crippen LogP contribution in [0.2, 0.25) is 0 Å². The molecule has 1 heterocycles. The highest BCUT2D eigenvalue weighted by Crippen LogP contribution is 2.22. The van der Waals surface area contributed by atoms with Crippen LogP contribution in [0.15, 0.2) is 84.9 Å². The summed E-state index contributed by atoms with van der Waals surface area (Å²) in [6.45, 7) is 10.8. The van der Waals surface area contributed by atoms with Gasteiger partial charge in [0.15, 0.2) is 0 Å². The summed E-state index contributed by atoms with van der Waals surface area (Å²) in [6, 6.07) is 22.7. The fraction of sp³-hybridized carbons (Fsp3) is 0.488. The van der Waals surface area contributed by atoms with Gasteiger partial charge in [-0.2, -0.15) is 0 Å². The maximum atomic E-state index is 14.7. The van der Waals surface area contributed by atoms with Crippen LogP contribution in [0.25, 0.3) is 10.8 Å². The van der Waals surface area contributed by atoms with Gasteiger partial charge in [-0.05, 0) is 88.3 Å². The molecule has 1 aliphatic rings. The number of fused-ring (bicyclic) bond motifs is 1. The molecule has 0 bridgehead atoms. The van der Waals surface area contributed by atoms with Crippen LogP contribution in [0.1, 0.15) is 77.8 Å². The summed E-state index contributed by atoms with van der Waals surface area (Å²) >= 11 is 0. The smallest absolute Gasteiger partial charge is 0.408 e. The lowest BCUT2D eigenvalue weighted by Gasteiger charge is -2.38. The Kier molecular flexibility index (Phi) is 14.2. The molecule has 10 heteroatoms. The number of alkyl carbamates (subject to hydrolysis) is 1. The first-order valence-electron chi connectivity index (χ1n) is 18.8. The summed E-state index contributed by atoms with van der Waals surface area (Å²) in [5.74, 6) is -0.636. The van der Waals surface area contributed by atoms with Crippen molar-refractivity contribution in [2.75, 3.05) is 34.2 Å². The molecule has 1 saturated heterocycles. The molecule has 0 radical (unpaired) electrons. The van der Waals surface area contributed by atoms with E-state index < -0.39 is 29.3 Å². The maximum absolute atomic E-state index is 14.7. The number of likely N-dealkylation sites (N-methyl/N-ethyl adjacent to an activating group) is 2. The Bertz CT molecular complexity index is 1730. The third-order valence-electron chi connectivity index (χ3n) is 9.81. The number of piperidine rings is 1. The zero-order valence-corrected chi connectivity index (χ0v) is 32.9. The first-order valence-corrected chi connectivity index (χ1v) is 18.8. The number of hydrogen-bond donors (Lipinski definition) is 1. The van der Waals surface area contributed by atoms with Gasteiger partial charge in [-0.25, -0.2) is 9.80 Å². The highest BCUT2D eigenvalue weighted by Gasteiger charge is 2.34. The van der Waals surface area contributed by atoms with Gasteiger partial charge in [-0.1, -0.05) is 85.3 Å². The number of hydrogen-bond acceptors (Lipinski definition) is 6. The van der Waals surface area contributed by atoms with Crippen LogP contribution in [-0.2, 0) is 32.0 Å². The number of benzene rings is 3. The van der Waals surface area contributed by atoms with Crippen LogP contribution in [0.4, 0.5) is 4.79 Å². The summed E-state index contributed by atoms with van der Waals surface area (Å²) in [4.78, 5) is 57.9. The van der Waals surface area contributed by atoms with Gasteiger partial charge in [0.2, 0.25) is 17.7 Å². The molecular formula is C43H59N5O5. The summed E-state index contributed by atoms with van der Waals surface area (Å²) in [6.07, 6.45) is 7.17. The molecule has 4 amide bonds. The number of ether oxygens (including phenoxy) is 1. The molecule has 1 fully saturated rings. The van der Waals surface area contributed by atoms with Crippen LogP contribution >= 0.6 is 0 Å². The Morgan fingerprint density at radius 1 is 0.792 bits per heavy atom. The zero-order chi connectivity index (χ0) is 38.8. The molecule has 286 valence electrons. The van der Waals surface area contributed by atoms with E-state index in [4.69, 9.17) is 4.74 Å². The third kappa shape index (κ3) is 12.4. The lowest BCUT2D eigenvalue weighted by molar-refractivity contribution is -0.150.